The van der Waals surface area contributed by atoms with Gasteiger partial charge in [0.2, 0.25) is 0 Å². The molecule has 0 rings (SSSR count). The third-order valence-corrected chi connectivity index (χ3v) is 2.53. The highest BCUT2D eigenvalue weighted by molar-refractivity contribution is 4.82. The second kappa shape index (κ2) is 12.5. The van der Waals surface area contributed by atoms with Crippen molar-refractivity contribution < 1.29 is 9.47 Å². The molecule has 5 heteroatoms. The number of hydrogen-bond donors (Lipinski definition) is 2. The average molecular weight is 297 g/mol. The lowest BCUT2D eigenvalue weighted by Crippen LogP contribution is -2.27. The molecule has 0 aliphatic rings. The van der Waals surface area contributed by atoms with E-state index in [9.17, 15) is 0 Å². The smallest absolute Gasteiger partial charge is 0.179 e. The summed E-state index contributed by atoms with van der Waals surface area (Å²) in [6, 6.07) is 2.06. The summed E-state index contributed by atoms with van der Waals surface area (Å²) in [6.45, 7) is 14.0. The summed E-state index contributed by atoms with van der Waals surface area (Å²) in [5.74, 6) is 0.636. The molecule has 0 radical (unpaired) electrons. The largest absolute Gasteiger partial charge is 0.474 e. The van der Waals surface area contributed by atoms with Gasteiger partial charge in [0, 0.05) is 13.2 Å². The van der Waals surface area contributed by atoms with Crippen molar-refractivity contribution >= 4 is 0 Å². The molecule has 2 N–H and O–H groups in total. The molecule has 0 amide bonds. The van der Waals surface area contributed by atoms with Gasteiger partial charge < -0.3 is 20.1 Å². The molecule has 0 aromatic heterocycles. The van der Waals surface area contributed by atoms with Crippen LogP contribution in [0.25, 0.3) is 0 Å². The second-order valence-electron chi connectivity index (χ2n) is 5.90. The molecule has 122 valence electrons. The average Bonchev–Trinajstić information content (AvgIpc) is 2.38. The maximum atomic E-state index is 8.34. The van der Waals surface area contributed by atoms with Crippen molar-refractivity contribution in [3.63, 3.8) is 0 Å². The van der Waals surface area contributed by atoms with Crippen molar-refractivity contribution in [2.24, 2.45) is 0 Å². The third-order valence-electron chi connectivity index (χ3n) is 2.53. The molecule has 5 nitrogen and oxygen atoms in total. The Morgan fingerprint density at radius 3 is 2.48 bits per heavy atom. The predicted molar refractivity (Wildman–Crippen MR) is 85.8 cm³/mol. The van der Waals surface area contributed by atoms with Gasteiger partial charge in [-0.05, 0) is 59.7 Å². The van der Waals surface area contributed by atoms with E-state index in [1.807, 2.05) is 20.8 Å². The Morgan fingerprint density at radius 2 is 1.81 bits per heavy atom. The molecule has 0 heterocycles. The van der Waals surface area contributed by atoms with Gasteiger partial charge in [-0.1, -0.05) is 0 Å². The van der Waals surface area contributed by atoms with E-state index in [4.69, 9.17) is 14.7 Å². The minimum absolute atomic E-state index is 0.197. The van der Waals surface area contributed by atoms with Crippen LogP contribution in [0.3, 0.4) is 0 Å². The van der Waals surface area contributed by atoms with Gasteiger partial charge in [-0.3, -0.25) is 0 Å². The normalized spacial score (nSPS) is 11.0. The van der Waals surface area contributed by atoms with E-state index in [2.05, 4.69) is 23.3 Å². The summed E-state index contributed by atoms with van der Waals surface area (Å²) in [7, 11) is 0. The summed E-state index contributed by atoms with van der Waals surface area (Å²) in [6.07, 6.45) is 3.65. The van der Waals surface area contributed by atoms with Gasteiger partial charge >= 0.3 is 0 Å². The van der Waals surface area contributed by atoms with Crippen molar-refractivity contribution in [3.8, 4) is 6.07 Å². The van der Waals surface area contributed by atoms with Crippen molar-refractivity contribution in [1.82, 2.24) is 10.6 Å². The Hall–Kier alpha value is -1.25. The predicted octanol–water partition coefficient (Wildman–Crippen LogP) is 2.55. The molecule has 0 bridgehead atoms. The molecule has 0 unspecified atom stereocenters. The van der Waals surface area contributed by atoms with Crippen LogP contribution in [0.4, 0.5) is 0 Å². The fourth-order valence-electron chi connectivity index (χ4n) is 1.65. The molecule has 0 fully saturated rings. The summed E-state index contributed by atoms with van der Waals surface area (Å²) in [5, 5.41) is 14.9. The summed E-state index contributed by atoms with van der Waals surface area (Å²) >= 11 is 0. The summed E-state index contributed by atoms with van der Waals surface area (Å²) in [5.41, 5.74) is -0.197. The van der Waals surface area contributed by atoms with Crippen molar-refractivity contribution in [2.45, 2.75) is 52.1 Å². The lowest BCUT2D eigenvalue weighted by atomic mass is 10.2. The topological polar surface area (TPSA) is 66.3 Å². The maximum absolute atomic E-state index is 8.34. The van der Waals surface area contributed by atoms with E-state index >= 15 is 0 Å². The van der Waals surface area contributed by atoms with Gasteiger partial charge in [0.15, 0.2) is 5.88 Å². The first-order valence-corrected chi connectivity index (χ1v) is 7.73. The highest BCUT2D eigenvalue weighted by atomic mass is 16.5. The van der Waals surface area contributed by atoms with Gasteiger partial charge in [-0.25, -0.2) is 0 Å². The van der Waals surface area contributed by atoms with Crippen LogP contribution in [-0.2, 0) is 9.47 Å². The maximum Gasteiger partial charge on any atom is 0.179 e. The van der Waals surface area contributed by atoms with Gasteiger partial charge in [0.05, 0.1) is 19.1 Å². The minimum atomic E-state index is -0.197. The Morgan fingerprint density at radius 1 is 1.10 bits per heavy atom. The quantitative estimate of drug-likeness (QED) is 0.404. The van der Waals surface area contributed by atoms with E-state index in [0.29, 0.717) is 18.9 Å². The number of nitrogens with one attached hydrogen (secondary N) is 2. The fourth-order valence-corrected chi connectivity index (χ4v) is 1.65. The van der Waals surface area contributed by atoms with E-state index in [-0.39, 0.29) is 5.60 Å². The van der Waals surface area contributed by atoms with Gasteiger partial charge in [-0.2, -0.15) is 5.26 Å². The van der Waals surface area contributed by atoms with Crippen LogP contribution >= 0.6 is 0 Å². The Bertz CT molecular complexity index is 306. The van der Waals surface area contributed by atoms with Crippen molar-refractivity contribution in [1.29, 1.82) is 5.26 Å². The summed E-state index contributed by atoms with van der Waals surface area (Å²) < 4.78 is 10.9. The van der Waals surface area contributed by atoms with Gasteiger partial charge in [0.1, 0.15) is 5.60 Å². The highest BCUT2D eigenvalue weighted by Gasteiger charge is 2.11. The molecular weight excluding hydrogens is 266 g/mol. The number of ether oxygens (including phenoxy) is 2. The lowest BCUT2D eigenvalue weighted by molar-refractivity contribution is 0.0416. The standard InChI is InChI=1S/C16H31N3O2/c1-15(21-16(2,3)4)19-12-8-11-18-10-5-6-13-20-14-7-9-17/h18-19H,1,5-8,10-14H2,2-4H3. The monoisotopic (exact) mass is 297 g/mol. The van der Waals surface area contributed by atoms with Crippen LogP contribution in [0.1, 0.15) is 46.5 Å². The van der Waals surface area contributed by atoms with Crippen LogP contribution in [0.15, 0.2) is 12.5 Å². The molecule has 21 heavy (non-hydrogen) atoms. The highest BCUT2D eigenvalue weighted by Crippen LogP contribution is 2.09. The van der Waals surface area contributed by atoms with Crippen LogP contribution in [0, 0.1) is 11.3 Å². The second-order valence-corrected chi connectivity index (χ2v) is 5.90. The minimum Gasteiger partial charge on any atom is -0.474 e. The van der Waals surface area contributed by atoms with E-state index < -0.39 is 0 Å². The van der Waals surface area contributed by atoms with Crippen LogP contribution in [-0.4, -0.2) is 38.4 Å². The number of unbranched alkanes of at least 4 members (excludes halogenated alkanes) is 1. The molecule has 0 aromatic carbocycles. The zero-order chi connectivity index (χ0) is 16.0. The molecular formula is C16H31N3O2. The molecule has 0 aromatic rings. The van der Waals surface area contributed by atoms with E-state index in [0.717, 1.165) is 45.5 Å². The molecule has 0 saturated carbocycles. The van der Waals surface area contributed by atoms with Crippen LogP contribution in [0.2, 0.25) is 0 Å². The van der Waals surface area contributed by atoms with Crippen molar-refractivity contribution in [3.05, 3.63) is 12.5 Å². The van der Waals surface area contributed by atoms with Crippen LogP contribution in [0.5, 0.6) is 0 Å². The molecule has 0 aliphatic carbocycles. The lowest BCUT2D eigenvalue weighted by Gasteiger charge is -2.23. The number of hydrogen-bond acceptors (Lipinski definition) is 5. The van der Waals surface area contributed by atoms with E-state index in [1.165, 1.54) is 0 Å². The summed E-state index contributed by atoms with van der Waals surface area (Å²) in [4.78, 5) is 0. The number of nitrogens with zero attached hydrogens (tertiary/aromatic N) is 1. The fraction of sp³-hybridized carbons (Fsp3) is 0.812. The Kier molecular flexibility index (Phi) is 11.7. The van der Waals surface area contributed by atoms with Crippen LogP contribution < -0.4 is 10.6 Å². The van der Waals surface area contributed by atoms with Crippen molar-refractivity contribution in [2.75, 3.05) is 32.8 Å². The molecule has 0 spiro atoms. The molecule has 0 saturated heterocycles. The third kappa shape index (κ3) is 16.7. The zero-order valence-electron chi connectivity index (χ0n) is 13.8. The Labute approximate surface area is 129 Å². The first-order valence-electron chi connectivity index (χ1n) is 7.73. The molecule has 0 atom stereocenters. The first-order chi connectivity index (χ1) is 9.95. The number of rotatable bonds is 13. The SMILES string of the molecule is C=C(NCCCNCCCCOCCC#N)OC(C)(C)C. The number of nitriles is 1. The Balaban J connectivity index is 3.19. The first kappa shape index (κ1) is 19.8. The van der Waals surface area contributed by atoms with E-state index in [1.54, 1.807) is 0 Å². The zero-order valence-corrected chi connectivity index (χ0v) is 13.8. The molecule has 0 aliphatic heterocycles. The van der Waals surface area contributed by atoms with Gasteiger partial charge in [-0.15, -0.1) is 0 Å². The van der Waals surface area contributed by atoms with Gasteiger partial charge in [0.25, 0.3) is 0 Å².